The molecule has 0 aliphatic heterocycles. The number of halogens is 2. The van der Waals surface area contributed by atoms with Gasteiger partial charge in [0.15, 0.2) is 6.19 Å². The van der Waals surface area contributed by atoms with E-state index in [1.165, 1.54) is 0 Å². The Labute approximate surface area is 136 Å². The Morgan fingerprint density at radius 2 is 1.86 bits per heavy atom. The summed E-state index contributed by atoms with van der Waals surface area (Å²) in [4.78, 5) is 4.60. The highest BCUT2D eigenvalue weighted by molar-refractivity contribution is 6.35. The van der Waals surface area contributed by atoms with Gasteiger partial charge in [-0.15, -0.1) is 0 Å². The summed E-state index contributed by atoms with van der Waals surface area (Å²) in [6, 6.07) is 5.25. The van der Waals surface area contributed by atoms with Crippen LogP contribution in [-0.4, -0.2) is 12.0 Å². The van der Waals surface area contributed by atoms with Crippen LogP contribution < -0.4 is 10.6 Å². The molecule has 2 N–H and O–H groups in total. The molecule has 0 aliphatic rings. The molecule has 6 heteroatoms. The van der Waals surface area contributed by atoms with Crippen molar-refractivity contribution < 1.29 is 0 Å². The summed E-state index contributed by atoms with van der Waals surface area (Å²) in [7, 11) is 0. The molecule has 0 radical (unpaired) electrons. The van der Waals surface area contributed by atoms with Gasteiger partial charge in [-0.3, -0.25) is 5.32 Å². The highest BCUT2D eigenvalue weighted by Gasteiger charge is 2.14. The predicted molar refractivity (Wildman–Crippen MR) is 89.8 cm³/mol. The largest absolute Gasteiger partial charge is 0.325 e. The molecule has 1 aromatic rings. The first-order valence-corrected chi connectivity index (χ1v) is 7.71. The van der Waals surface area contributed by atoms with Gasteiger partial charge in [-0.1, -0.05) is 50.4 Å². The van der Waals surface area contributed by atoms with Crippen molar-refractivity contribution in [3.8, 4) is 6.19 Å². The van der Waals surface area contributed by atoms with Gasteiger partial charge in [0.05, 0.1) is 6.04 Å². The lowest BCUT2D eigenvalue weighted by Gasteiger charge is -2.19. The van der Waals surface area contributed by atoms with E-state index in [0.29, 0.717) is 27.6 Å². The molecule has 0 aliphatic carbocycles. The van der Waals surface area contributed by atoms with E-state index in [1.807, 2.05) is 6.19 Å². The van der Waals surface area contributed by atoms with E-state index in [0.717, 1.165) is 12.8 Å². The van der Waals surface area contributed by atoms with Gasteiger partial charge in [0.25, 0.3) is 0 Å². The lowest BCUT2D eigenvalue weighted by Crippen LogP contribution is -2.30. The molecule has 114 valence electrons. The third-order valence-corrected chi connectivity index (χ3v) is 3.75. The van der Waals surface area contributed by atoms with Crippen molar-refractivity contribution in [2.24, 2.45) is 10.9 Å². The minimum Gasteiger partial charge on any atom is -0.325 e. The van der Waals surface area contributed by atoms with Crippen LogP contribution in [0, 0.1) is 17.4 Å². The average molecular weight is 327 g/mol. The third kappa shape index (κ3) is 5.82. The van der Waals surface area contributed by atoms with Crippen molar-refractivity contribution in [1.29, 1.82) is 5.26 Å². The van der Waals surface area contributed by atoms with Crippen LogP contribution in [0.1, 0.15) is 33.6 Å². The summed E-state index contributed by atoms with van der Waals surface area (Å²) in [5, 5.41) is 15.5. The van der Waals surface area contributed by atoms with E-state index in [1.54, 1.807) is 18.2 Å². The molecule has 0 spiro atoms. The van der Waals surface area contributed by atoms with Gasteiger partial charge in [0.1, 0.15) is 0 Å². The molecule has 2 atom stereocenters. The standard InChI is InChI=1S/C15H20Cl2N4/c1-4-10(3)14(5-2)21-15(19-9-18)20-13-7-11(16)6-12(17)8-13/h6-8,10,14H,4-5H2,1-3H3,(H2,19,20,21). The van der Waals surface area contributed by atoms with Crippen molar-refractivity contribution in [3.05, 3.63) is 28.2 Å². The highest BCUT2D eigenvalue weighted by Crippen LogP contribution is 2.22. The van der Waals surface area contributed by atoms with Crippen LogP contribution >= 0.6 is 23.2 Å². The molecule has 1 aromatic carbocycles. The fraction of sp³-hybridized carbons (Fsp3) is 0.467. The van der Waals surface area contributed by atoms with Crippen LogP contribution in [0.4, 0.5) is 5.69 Å². The summed E-state index contributed by atoms with van der Waals surface area (Å²) >= 11 is 11.9. The summed E-state index contributed by atoms with van der Waals surface area (Å²) in [5.74, 6) is 0.846. The molecular formula is C15H20Cl2N4. The lowest BCUT2D eigenvalue weighted by molar-refractivity contribution is 0.434. The van der Waals surface area contributed by atoms with Crippen molar-refractivity contribution in [1.82, 2.24) is 5.32 Å². The van der Waals surface area contributed by atoms with E-state index in [9.17, 15) is 0 Å². The Morgan fingerprint density at radius 1 is 1.24 bits per heavy atom. The lowest BCUT2D eigenvalue weighted by atomic mass is 9.98. The zero-order valence-corrected chi connectivity index (χ0v) is 14.0. The molecule has 0 heterocycles. The number of nitriles is 1. The zero-order valence-electron chi connectivity index (χ0n) is 12.5. The van der Waals surface area contributed by atoms with E-state index < -0.39 is 0 Å². The Morgan fingerprint density at radius 3 is 2.33 bits per heavy atom. The second-order valence-corrected chi connectivity index (χ2v) is 5.73. The SMILES string of the molecule is CCC(C)C(CC)N=C(NC#N)Nc1cc(Cl)cc(Cl)c1. The molecule has 0 amide bonds. The zero-order chi connectivity index (χ0) is 15.8. The first-order valence-electron chi connectivity index (χ1n) is 6.96. The monoisotopic (exact) mass is 326 g/mol. The molecule has 21 heavy (non-hydrogen) atoms. The number of nitrogens with zero attached hydrogens (tertiary/aromatic N) is 2. The number of benzene rings is 1. The second kappa shape index (κ2) is 8.76. The average Bonchev–Trinajstić information content (AvgIpc) is 2.42. The summed E-state index contributed by atoms with van der Waals surface area (Å²) in [6.45, 7) is 6.36. The number of guanidine groups is 1. The Bertz CT molecular complexity index is 517. The highest BCUT2D eigenvalue weighted by atomic mass is 35.5. The molecule has 4 nitrogen and oxygen atoms in total. The van der Waals surface area contributed by atoms with Crippen LogP contribution in [-0.2, 0) is 0 Å². The van der Waals surface area contributed by atoms with Crippen molar-refractivity contribution >= 4 is 34.8 Å². The molecule has 0 fully saturated rings. The van der Waals surface area contributed by atoms with Crippen LogP contribution in [0.3, 0.4) is 0 Å². The predicted octanol–water partition coefficient (Wildman–Crippen LogP) is 4.66. The van der Waals surface area contributed by atoms with Crippen LogP contribution in [0.25, 0.3) is 0 Å². The minimum absolute atomic E-state index is 0.146. The first-order chi connectivity index (χ1) is 9.99. The van der Waals surface area contributed by atoms with Crippen LogP contribution in [0.5, 0.6) is 0 Å². The Kier molecular flexibility index (Phi) is 7.35. The summed E-state index contributed by atoms with van der Waals surface area (Å²) < 4.78 is 0. The maximum atomic E-state index is 8.87. The van der Waals surface area contributed by atoms with Gasteiger partial charge in [0.2, 0.25) is 5.96 Å². The molecule has 0 saturated heterocycles. The normalized spacial score (nSPS) is 14.2. The van der Waals surface area contributed by atoms with Crippen LogP contribution in [0.2, 0.25) is 10.0 Å². The van der Waals surface area contributed by atoms with Crippen molar-refractivity contribution in [3.63, 3.8) is 0 Å². The maximum absolute atomic E-state index is 8.87. The number of rotatable bonds is 5. The second-order valence-electron chi connectivity index (χ2n) is 4.86. The fourth-order valence-electron chi connectivity index (χ4n) is 1.97. The van der Waals surface area contributed by atoms with E-state index in [-0.39, 0.29) is 6.04 Å². The van der Waals surface area contributed by atoms with E-state index in [4.69, 9.17) is 28.5 Å². The molecule has 2 unspecified atom stereocenters. The number of hydrogen-bond donors (Lipinski definition) is 2. The number of hydrogen-bond acceptors (Lipinski definition) is 2. The van der Waals surface area contributed by atoms with Crippen molar-refractivity contribution in [2.45, 2.75) is 39.7 Å². The van der Waals surface area contributed by atoms with Gasteiger partial charge >= 0.3 is 0 Å². The fourth-order valence-corrected chi connectivity index (χ4v) is 2.50. The summed E-state index contributed by atoms with van der Waals surface area (Å²) in [6.07, 6.45) is 3.83. The minimum atomic E-state index is 0.146. The number of aliphatic imine (C=N–C) groups is 1. The first kappa shape index (κ1) is 17.6. The van der Waals surface area contributed by atoms with Crippen molar-refractivity contribution in [2.75, 3.05) is 5.32 Å². The molecule has 0 bridgehead atoms. The summed E-state index contributed by atoms with van der Waals surface area (Å²) in [5.41, 5.74) is 0.688. The topological polar surface area (TPSA) is 60.2 Å². The molecule has 1 rings (SSSR count). The van der Waals surface area contributed by atoms with Gasteiger partial charge < -0.3 is 5.32 Å². The van der Waals surface area contributed by atoms with Gasteiger partial charge in [0, 0.05) is 15.7 Å². The van der Waals surface area contributed by atoms with E-state index >= 15 is 0 Å². The maximum Gasteiger partial charge on any atom is 0.209 e. The molecule has 0 aromatic heterocycles. The quantitative estimate of drug-likeness (QED) is 0.358. The number of anilines is 1. The van der Waals surface area contributed by atoms with Gasteiger partial charge in [-0.2, -0.15) is 5.26 Å². The van der Waals surface area contributed by atoms with E-state index in [2.05, 4.69) is 36.4 Å². The Hall–Kier alpha value is -1.44. The molecular weight excluding hydrogens is 307 g/mol. The molecule has 0 saturated carbocycles. The van der Waals surface area contributed by atoms with Gasteiger partial charge in [-0.05, 0) is 30.5 Å². The third-order valence-electron chi connectivity index (χ3n) is 3.31. The Balaban J connectivity index is 2.98. The smallest absolute Gasteiger partial charge is 0.209 e. The number of nitrogens with one attached hydrogen (secondary N) is 2. The van der Waals surface area contributed by atoms with Crippen LogP contribution in [0.15, 0.2) is 23.2 Å². The van der Waals surface area contributed by atoms with Gasteiger partial charge in [-0.25, -0.2) is 4.99 Å².